The van der Waals surface area contributed by atoms with E-state index in [1.54, 1.807) is 0 Å². The molecule has 2 rings (SSSR count). The van der Waals surface area contributed by atoms with E-state index in [0.29, 0.717) is 0 Å². The summed E-state index contributed by atoms with van der Waals surface area (Å²) in [7, 11) is 0. The van der Waals surface area contributed by atoms with Gasteiger partial charge < -0.3 is 4.90 Å². The van der Waals surface area contributed by atoms with Crippen molar-refractivity contribution in [1.82, 2.24) is 9.97 Å². The number of rotatable bonds is 4. The number of hydrogen-bond donors (Lipinski definition) is 0. The normalized spacial score (nSPS) is 10.4. The van der Waals surface area contributed by atoms with E-state index in [2.05, 4.69) is 30.7 Å². The number of aryl methyl sites for hydroxylation is 1. The van der Waals surface area contributed by atoms with Gasteiger partial charge in [-0.3, -0.25) is 0 Å². The van der Waals surface area contributed by atoms with Crippen molar-refractivity contribution in [2.24, 2.45) is 0 Å². The highest BCUT2D eigenvalue weighted by molar-refractivity contribution is 5.58. The van der Waals surface area contributed by atoms with E-state index in [1.165, 1.54) is 0 Å². The molecule has 0 aliphatic heterocycles. The Morgan fingerprint density at radius 2 is 1.72 bits per heavy atom. The molecule has 3 nitrogen and oxygen atoms in total. The Morgan fingerprint density at radius 3 is 2.33 bits per heavy atom. The molecule has 0 bridgehead atoms. The van der Waals surface area contributed by atoms with Crippen molar-refractivity contribution in [3.8, 4) is 11.4 Å². The van der Waals surface area contributed by atoms with Crippen LogP contribution in [0.1, 0.15) is 19.4 Å². The maximum absolute atomic E-state index is 4.70. The molecule has 3 heteroatoms. The quantitative estimate of drug-likeness (QED) is 0.822. The Morgan fingerprint density at radius 1 is 1.06 bits per heavy atom. The van der Waals surface area contributed by atoms with Crippen molar-refractivity contribution < 1.29 is 0 Å². The molecule has 0 aliphatic rings. The average Bonchev–Trinajstić information content (AvgIpc) is 2.43. The van der Waals surface area contributed by atoms with Gasteiger partial charge in [0.05, 0.1) is 0 Å². The van der Waals surface area contributed by atoms with Gasteiger partial charge in [0.15, 0.2) is 5.82 Å². The van der Waals surface area contributed by atoms with E-state index in [0.717, 1.165) is 35.9 Å². The summed E-state index contributed by atoms with van der Waals surface area (Å²) in [6.45, 7) is 8.27. The van der Waals surface area contributed by atoms with Gasteiger partial charge in [-0.05, 0) is 20.8 Å². The third-order valence-corrected chi connectivity index (χ3v) is 3.04. The predicted octanol–water partition coefficient (Wildman–Crippen LogP) is 3.30. The summed E-state index contributed by atoms with van der Waals surface area (Å²) in [6.07, 6.45) is 1.91. The molecule has 2 aromatic rings. The molecule has 0 aliphatic carbocycles. The van der Waals surface area contributed by atoms with E-state index < -0.39 is 0 Å². The van der Waals surface area contributed by atoms with Gasteiger partial charge >= 0.3 is 0 Å². The molecular weight excluding hydrogens is 222 g/mol. The van der Waals surface area contributed by atoms with Gasteiger partial charge in [0, 0.05) is 30.4 Å². The van der Waals surface area contributed by atoms with Crippen LogP contribution in [0.5, 0.6) is 0 Å². The van der Waals surface area contributed by atoms with Gasteiger partial charge in [-0.15, -0.1) is 0 Å². The Bertz CT molecular complexity index is 504. The van der Waals surface area contributed by atoms with E-state index in [-0.39, 0.29) is 0 Å². The monoisotopic (exact) mass is 241 g/mol. The highest BCUT2D eigenvalue weighted by Crippen LogP contribution is 2.21. The van der Waals surface area contributed by atoms with Crippen molar-refractivity contribution in [2.75, 3.05) is 18.0 Å². The van der Waals surface area contributed by atoms with Gasteiger partial charge in [-0.1, -0.05) is 30.3 Å². The first-order chi connectivity index (χ1) is 8.76. The number of anilines is 1. The Kier molecular flexibility index (Phi) is 3.92. The number of benzene rings is 1. The van der Waals surface area contributed by atoms with Crippen LogP contribution in [0.3, 0.4) is 0 Å². The molecular formula is C15H19N3. The lowest BCUT2D eigenvalue weighted by atomic mass is 10.2. The molecule has 0 radical (unpaired) electrons. The lowest BCUT2D eigenvalue weighted by Crippen LogP contribution is -2.24. The lowest BCUT2D eigenvalue weighted by molar-refractivity contribution is 0.836. The summed E-state index contributed by atoms with van der Waals surface area (Å²) in [6, 6.07) is 10.1. The van der Waals surface area contributed by atoms with Crippen molar-refractivity contribution in [2.45, 2.75) is 20.8 Å². The van der Waals surface area contributed by atoms with E-state index >= 15 is 0 Å². The summed E-state index contributed by atoms with van der Waals surface area (Å²) in [5, 5.41) is 0. The summed E-state index contributed by atoms with van der Waals surface area (Å²) in [5.74, 6) is 1.83. The van der Waals surface area contributed by atoms with E-state index in [1.807, 2.05) is 36.5 Å². The second-order valence-corrected chi connectivity index (χ2v) is 4.24. The summed E-state index contributed by atoms with van der Waals surface area (Å²) < 4.78 is 0. The topological polar surface area (TPSA) is 29.0 Å². The summed E-state index contributed by atoms with van der Waals surface area (Å²) in [4.78, 5) is 11.4. The Labute approximate surface area is 109 Å². The maximum Gasteiger partial charge on any atom is 0.161 e. The smallest absolute Gasteiger partial charge is 0.161 e. The van der Waals surface area contributed by atoms with E-state index in [9.17, 15) is 0 Å². The maximum atomic E-state index is 4.70. The fraction of sp³-hybridized carbons (Fsp3) is 0.333. The molecule has 0 atom stereocenters. The van der Waals surface area contributed by atoms with Crippen LogP contribution < -0.4 is 4.90 Å². The van der Waals surface area contributed by atoms with E-state index in [4.69, 9.17) is 4.98 Å². The molecule has 1 heterocycles. The second kappa shape index (κ2) is 5.63. The van der Waals surface area contributed by atoms with Gasteiger partial charge in [-0.25, -0.2) is 9.97 Å². The van der Waals surface area contributed by atoms with Crippen molar-refractivity contribution >= 4 is 5.82 Å². The van der Waals surface area contributed by atoms with Crippen molar-refractivity contribution in [3.63, 3.8) is 0 Å². The molecule has 1 aromatic carbocycles. The highest BCUT2D eigenvalue weighted by Gasteiger charge is 2.10. The van der Waals surface area contributed by atoms with Gasteiger partial charge in [-0.2, -0.15) is 0 Å². The number of aromatic nitrogens is 2. The number of hydrogen-bond acceptors (Lipinski definition) is 3. The van der Waals surface area contributed by atoms with Crippen LogP contribution in [-0.2, 0) is 0 Å². The lowest BCUT2D eigenvalue weighted by Gasteiger charge is -2.22. The minimum atomic E-state index is 0.795. The fourth-order valence-electron chi connectivity index (χ4n) is 2.00. The molecule has 0 spiro atoms. The van der Waals surface area contributed by atoms with Crippen LogP contribution in [0.25, 0.3) is 11.4 Å². The zero-order valence-corrected chi connectivity index (χ0v) is 11.2. The Hall–Kier alpha value is -1.90. The molecule has 18 heavy (non-hydrogen) atoms. The first-order valence-electron chi connectivity index (χ1n) is 6.40. The Balaban J connectivity index is 2.44. The molecule has 0 N–H and O–H groups in total. The van der Waals surface area contributed by atoms with Crippen LogP contribution in [0.4, 0.5) is 5.82 Å². The SMILES string of the molecule is CCN(CC)c1nc(-c2ccccc2)ncc1C. The second-order valence-electron chi connectivity index (χ2n) is 4.24. The molecule has 0 saturated carbocycles. The van der Waals surface area contributed by atoms with Crippen molar-refractivity contribution in [1.29, 1.82) is 0 Å². The molecule has 0 fully saturated rings. The fourth-order valence-corrected chi connectivity index (χ4v) is 2.00. The summed E-state index contributed by atoms with van der Waals surface area (Å²) >= 11 is 0. The first kappa shape index (κ1) is 12.6. The standard InChI is InChI=1S/C15H19N3/c1-4-18(5-2)15-12(3)11-16-14(17-15)13-9-7-6-8-10-13/h6-11H,4-5H2,1-3H3. The third-order valence-electron chi connectivity index (χ3n) is 3.04. The van der Waals surface area contributed by atoms with Crippen LogP contribution in [0.15, 0.2) is 36.5 Å². The first-order valence-corrected chi connectivity index (χ1v) is 6.40. The van der Waals surface area contributed by atoms with Crippen LogP contribution >= 0.6 is 0 Å². The average molecular weight is 241 g/mol. The molecule has 0 unspecified atom stereocenters. The molecule has 0 amide bonds. The van der Waals surface area contributed by atoms with Gasteiger partial charge in [0.2, 0.25) is 0 Å². The van der Waals surface area contributed by atoms with Gasteiger partial charge in [0.1, 0.15) is 5.82 Å². The van der Waals surface area contributed by atoms with Gasteiger partial charge in [0.25, 0.3) is 0 Å². The minimum Gasteiger partial charge on any atom is -0.357 e. The summed E-state index contributed by atoms with van der Waals surface area (Å²) in [5.41, 5.74) is 2.18. The highest BCUT2D eigenvalue weighted by atomic mass is 15.2. The largest absolute Gasteiger partial charge is 0.357 e. The van der Waals surface area contributed by atoms with Crippen LogP contribution in [0.2, 0.25) is 0 Å². The predicted molar refractivity (Wildman–Crippen MR) is 75.8 cm³/mol. The zero-order chi connectivity index (χ0) is 13.0. The third kappa shape index (κ3) is 2.50. The molecule has 1 aromatic heterocycles. The van der Waals surface area contributed by atoms with Crippen LogP contribution in [0, 0.1) is 6.92 Å². The minimum absolute atomic E-state index is 0.795. The number of nitrogens with zero attached hydrogens (tertiary/aromatic N) is 3. The van der Waals surface area contributed by atoms with Crippen LogP contribution in [-0.4, -0.2) is 23.1 Å². The zero-order valence-electron chi connectivity index (χ0n) is 11.2. The van der Waals surface area contributed by atoms with Crippen molar-refractivity contribution in [3.05, 3.63) is 42.1 Å². The molecule has 0 saturated heterocycles. The molecule has 94 valence electrons.